The van der Waals surface area contributed by atoms with Gasteiger partial charge in [0.05, 0.1) is 10.0 Å². The number of ether oxygens (including phenoxy) is 2. The zero-order valence-electron chi connectivity index (χ0n) is 21.2. The van der Waals surface area contributed by atoms with Crippen LogP contribution in [0, 0.1) is 0 Å². The van der Waals surface area contributed by atoms with E-state index < -0.39 is 0 Å². The largest absolute Gasteiger partial charge is 0.456 e. The van der Waals surface area contributed by atoms with Gasteiger partial charge >= 0.3 is 0 Å². The van der Waals surface area contributed by atoms with Crippen molar-refractivity contribution in [1.82, 2.24) is 0 Å². The third-order valence-corrected chi connectivity index (χ3v) is 8.63. The van der Waals surface area contributed by atoms with E-state index in [9.17, 15) is 0 Å². The van der Waals surface area contributed by atoms with Crippen LogP contribution in [0.5, 0.6) is 23.0 Å². The van der Waals surface area contributed by atoms with Crippen molar-refractivity contribution in [3.8, 4) is 23.0 Å². The maximum atomic E-state index is 7.12. The van der Waals surface area contributed by atoms with E-state index in [1.165, 1.54) is 22.3 Å². The van der Waals surface area contributed by atoms with Gasteiger partial charge in [-0.1, -0.05) is 59.6 Å². The first kappa shape index (κ1) is 25.3. The van der Waals surface area contributed by atoms with Gasteiger partial charge in [0, 0.05) is 6.04 Å². The van der Waals surface area contributed by atoms with Gasteiger partial charge in [0.25, 0.3) is 0 Å². The Labute approximate surface area is 234 Å². The lowest BCUT2D eigenvalue weighted by molar-refractivity contribution is 0.374. The Hall–Kier alpha value is -2.98. The molecule has 2 aliphatic rings. The molecule has 3 nitrogen and oxygen atoms in total. The van der Waals surface area contributed by atoms with Gasteiger partial charge in [-0.2, -0.15) is 0 Å². The fourth-order valence-corrected chi connectivity index (χ4v) is 6.52. The monoisotopic (exact) mass is 543 g/mol. The van der Waals surface area contributed by atoms with E-state index in [1.54, 1.807) is 0 Å². The lowest BCUT2D eigenvalue weighted by Gasteiger charge is -2.38. The Balaban J connectivity index is 1.23. The fraction of sp³-hybridized carbons (Fsp3) is 0.273. The number of hydrogen-bond donors (Lipinski definition) is 1. The molecule has 0 aromatic heterocycles. The Morgan fingerprint density at radius 2 is 1.08 bits per heavy atom. The summed E-state index contributed by atoms with van der Waals surface area (Å²) in [5.74, 6) is 3.64. The molecule has 194 valence electrons. The van der Waals surface area contributed by atoms with Crippen molar-refractivity contribution in [1.29, 1.82) is 0 Å². The van der Waals surface area contributed by atoms with Gasteiger partial charge in [-0.25, -0.2) is 0 Å². The van der Waals surface area contributed by atoms with Gasteiger partial charge in [0.15, 0.2) is 0 Å². The molecule has 0 bridgehead atoms. The molecule has 0 heterocycles. The van der Waals surface area contributed by atoms with Crippen LogP contribution in [0.3, 0.4) is 0 Å². The zero-order valence-corrected chi connectivity index (χ0v) is 22.7. The minimum absolute atomic E-state index is 0.0544. The predicted molar refractivity (Wildman–Crippen MR) is 155 cm³/mol. The summed E-state index contributed by atoms with van der Waals surface area (Å²) in [6, 6.07) is 28.1. The van der Waals surface area contributed by atoms with Crippen molar-refractivity contribution in [2.75, 3.05) is 0 Å². The maximum Gasteiger partial charge on any atom is 0.146 e. The molecule has 2 N–H and O–H groups in total. The van der Waals surface area contributed by atoms with Crippen LogP contribution in [0.25, 0.3) is 0 Å². The lowest BCUT2D eigenvalue weighted by atomic mass is 9.70. The van der Waals surface area contributed by atoms with E-state index in [1.807, 2.05) is 48.5 Å². The summed E-state index contributed by atoms with van der Waals surface area (Å²) in [4.78, 5) is 0. The molecule has 0 spiro atoms. The molecule has 0 aliphatic heterocycles. The Morgan fingerprint density at radius 3 is 1.53 bits per heavy atom. The second kappa shape index (κ2) is 11.0. The van der Waals surface area contributed by atoms with Gasteiger partial charge in [0.1, 0.15) is 23.0 Å². The number of aryl methyl sites for hydroxylation is 2. The molecule has 0 radical (unpaired) electrons. The van der Waals surface area contributed by atoms with Gasteiger partial charge in [-0.3, -0.25) is 0 Å². The third kappa shape index (κ3) is 5.16. The van der Waals surface area contributed by atoms with E-state index in [-0.39, 0.29) is 6.04 Å². The Bertz CT molecular complexity index is 1340. The van der Waals surface area contributed by atoms with Crippen molar-refractivity contribution < 1.29 is 9.47 Å². The molecule has 0 unspecified atom stereocenters. The van der Waals surface area contributed by atoms with Gasteiger partial charge in [-0.05, 0) is 121 Å². The standard InChI is InChI=1S/C33H31Cl2NO2/c34-29-11-1-3-13-31(29)37-23-15-17-25-21(19-23)7-5-9-27(25)33(36)28-10-6-8-22-20-24(16-18-26(22)28)38-32-14-4-2-12-30(32)35/h1-4,11-20,27-28,33H,5-10,36H2/t27-,28-/m1/s1. The zero-order chi connectivity index (χ0) is 26.1. The second-order valence-corrected chi connectivity index (χ2v) is 11.2. The van der Waals surface area contributed by atoms with Crippen molar-refractivity contribution in [3.63, 3.8) is 0 Å². The van der Waals surface area contributed by atoms with E-state index in [0.29, 0.717) is 33.4 Å². The Morgan fingerprint density at radius 1 is 0.632 bits per heavy atom. The van der Waals surface area contributed by atoms with Crippen molar-refractivity contribution >= 4 is 23.2 Å². The van der Waals surface area contributed by atoms with Crippen LogP contribution in [-0.2, 0) is 12.8 Å². The van der Waals surface area contributed by atoms with E-state index in [4.69, 9.17) is 38.4 Å². The lowest BCUT2D eigenvalue weighted by Crippen LogP contribution is -2.38. The molecule has 0 amide bonds. The minimum atomic E-state index is 0.0544. The number of nitrogens with two attached hydrogens (primary N) is 1. The number of halogens is 2. The number of para-hydroxylation sites is 2. The minimum Gasteiger partial charge on any atom is -0.456 e. The molecular formula is C33H31Cl2NO2. The highest BCUT2D eigenvalue weighted by Crippen LogP contribution is 2.44. The molecule has 2 atom stereocenters. The maximum absolute atomic E-state index is 7.12. The highest BCUT2D eigenvalue weighted by Gasteiger charge is 2.34. The number of benzene rings is 4. The van der Waals surface area contributed by atoms with E-state index >= 15 is 0 Å². The van der Waals surface area contributed by atoms with Crippen molar-refractivity contribution in [3.05, 3.63) is 117 Å². The average molecular weight is 545 g/mol. The third-order valence-electron chi connectivity index (χ3n) is 8.01. The number of rotatable bonds is 6. The first-order valence-corrected chi connectivity index (χ1v) is 14.2. The predicted octanol–water partition coefficient (Wildman–Crippen LogP) is 9.45. The number of hydrogen-bond acceptors (Lipinski definition) is 3. The van der Waals surface area contributed by atoms with E-state index in [2.05, 4.69) is 36.4 Å². The highest BCUT2D eigenvalue weighted by molar-refractivity contribution is 6.32. The summed E-state index contributed by atoms with van der Waals surface area (Å²) < 4.78 is 12.2. The van der Waals surface area contributed by atoms with E-state index in [0.717, 1.165) is 50.0 Å². The fourth-order valence-electron chi connectivity index (χ4n) is 6.17. The molecular weight excluding hydrogens is 513 g/mol. The molecule has 38 heavy (non-hydrogen) atoms. The SMILES string of the molecule is NC([C@@H]1CCCc2cc(Oc3ccccc3Cl)ccc21)[C@@H]1CCCc2cc(Oc3ccccc3Cl)ccc21. The van der Waals surface area contributed by atoms with Crippen LogP contribution in [0.4, 0.5) is 0 Å². The molecule has 4 aromatic rings. The average Bonchev–Trinajstić information content (AvgIpc) is 2.94. The molecule has 4 aromatic carbocycles. The highest BCUT2D eigenvalue weighted by atomic mass is 35.5. The van der Waals surface area contributed by atoms with Crippen LogP contribution in [-0.4, -0.2) is 6.04 Å². The summed E-state index contributed by atoms with van der Waals surface area (Å²) in [5, 5.41) is 1.23. The second-order valence-electron chi connectivity index (χ2n) is 10.4. The summed E-state index contributed by atoms with van der Waals surface area (Å²) >= 11 is 12.6. The van der Waals surface area contributed by atoms with Crippen LogP contribution in [0.1, 0.15) is 59.8 Å². The summed E-state index contributed by atoms with van der Waals surface area (Å²) in [5.41, 5.74) is 12.5. The van der Waals surface area contributed by atoms with Crippen LogP contribution in [0.15, 0.2) is 84.9 Å². The summed E-state index contributed by atoms with van der Waals surface area (Å²) in [6.45, 7) is 0. The van der Waals surface area contributed by atoms with Crippen LogP contribution < -0.4 is 15.2 Å². The summed E-state index contributed by atoms with van der Waals surface area (Å²) in [7, 11) is 0. The summed E-state index contributed by atoms with van der Waals surface area (Å²) in [6.07, 6.45) is 6.57. The number of fused-ring (bicyclic) bond motifs is 2. The molecule has 5 heteroatoms. The van der Waals surface area contributed by atoms with Crippen LogP contribution >= 0.6 is 23.2 Å². The topological polar surface area (TPSA) is 44.5 Å². The molecule has 6 rings (SSSR count). The smallest absolute Gasteiger partial charge is 0.146 e. The van der Waals surface area contributed by atoms with Crippen LogP contribution in [0.2, 0.25) is 10.0 Å². The van der Waals surface area contributed by atoms with Crippen molar-refractivity contribution in [2.45, 2.75) is 56.4 Å². The van der Waals surface area contributed by atoms with Gasteiger partial charge in [-0.15, -0.1) is 0 Å². The molecule has 0 fully saturated rings. The Kier molecular flexibility index (Phi) is 7.34. The van der Waals surface area contributed by atoms with Crippen molar-refractivity contribution in [2.24, 2.45) is 5.73 Å². The normalized spacial score (nSPS) is 18.5. The molecule has 0 saturated carbocycles. The molecule has 0 saturated heterocycles. The first-order chi connectivity index (χ1) is 18.6. The quantitative estimate of drug-likeness (QED) is 0.263. The van der Waals surface area contributed by atoms with Gasteiger partial charge in [0.2, 0.25) is 0 Å². The van der Waals surface area contributed by atoms with Gasteiger partial charge < -0.3 is 15.2 Å². The first-order valence-electron chi connectivity index (χ1n) is 13.4. The molecule has 2 aliphatic carbocycles.